The number of rotatable bonds is 6. The Hall–Kier alpha value is -3.12. The number of thiazole rings is 1. The molecule has 0 aliphatic rings. The number of hydrogen-bond donors (Lipinski definition) is 1. The van der Waals surface area contributed by atoms with Gasteiger partial charge in [-0.15, -0.1) is 11.3 Å². The molecule has 0 fully saturated rings. The molecular weight excluding hydrogens is 358 g/mol. The fourth-order valence-electron chi connectivity index (χ4n) is 2.90. The van der Waals surface area contributed by atoms with Gasteiger partial charge < -0.3 is 10.1 Å². The van der Waals surface area contributed by atoms with Gasteiger partial charge in [0.2, 0.25) is 5.91 Å². The van der Waals surface area contributed by atoms with Gasteiger partial charge in [-0.2, -0.15) is 0 Å². The highest BCUT2D eigenvalue weighted by atomic mass is 32.1. The van der Waals surface area contributed by atoms with Gasteiger partial charge in [-0.25, -0.2) is 4.98 Å². The summed E-state index contributed by atoms with van der Waals surface area (Å²) in [6, 6.07) is 17.7. The summed E-state index contributed by atoms with van der Waals surface area (Å²) in [6.07, 6.45) is 2.29. The Morgan fingerprint density at radius 3 is 2.85 bits per heavy atom. The molecule has 1 N–H and O–H groups in total. The highest BCUT2D eigenvalue weighted by Crippen LogP contribution is 2.26. The predicted octanol–water partition coefficient (Wildman–Crippen LogP) is 3.93. The van der Waals surface area contributed by atoms with Gasteiger partial charge in [-0.3, -0.25) is 9.20 Å². The number of imidazole rings is 1. The van der Waals surface area contributed by atoms with E-state index < -0.39 is 0 Å². The minimum absolute atomic E-state index is 0.00446. The summed E-state index contributed by atoms with van der Waals surface area (Å²) in [5.74, 6) is 0.791. The topological polar surface area (TPSA) is 55.6 Å². The first kappa shape index (κ1) is 17.3. The Labute approximate surface area is 161 Å². The van der Waals surface area contributed by atoms with Crippen molar-refractivity contribution < 1.29 is 9.53 Å². The Balaban J connectivity index is 1.49. The minimum atomic E-state index is -0.00446. The third-order valence-corrected chi connectivity index (χ3v) is 5.21. The van der Waals surface area contributed by atoms with Crippen LogP contribution in [0.25, 0.3) is 16.2 Å². The number of carbonyl (C=O) groups excluding carboxylic acids is 1. The van der Waals surface area contributed by atoms with E-state index in [0.717, 1.165) is 33.2 Å². The first-order valence-electron chi connectivity index (χ1n) is 8.63. The second-order valence-corrected chi connectivity index (χ2v) is 7.01. The lowest BCUT2D eigenvalue weighted by Gasteiger charge is -2.05. The second-order valence-electron chi connectivity index (χ2n) is 6.18. The molecular formula is C21H19N3O2S. The van der Waals surface area contributed by atoms with E-state index in [1.807, 2.05) is 70.6 Å². The summed E-state index contributed by atoms with van der Waals surface area (Å²) in [4.78, 5) is 17.9. The molecule has 4 rings (SSSR count). The van der Waals surface area contributed by atoms with Crippen molar-refractivity contribution in [2.24, 2.45) is 0 Å². The zero-order valence-electron chi connectivity index (χ0n) is 14.9. The zero-order chi connectivity index (χ0) is 18.6. The second kappa shape index (κ2) is 7.63. The van der Waals surface area contributed by atoms with Gasteiger partial charge in [-0.05, 0) is 17.7 Å². The molecule has 0 saturated carbocycles. The van der Waals surface area contributed by atoms with E-state index in [0.29, 0.717) is 13.0 Å². The molecule has 0 spiro atoms. The van der Waals surface area contributed by atoms with Crippen LogP contribution >= 0.6 is 11.3 Å². The molecule has 0 saturated heterocycles. The van der Waals surface area contributed by atoms with Crippen molar-refractivity contribution in [2.75, 3.05) is 7.11 Å². The van der Waals surface area contributed by atoms with Crippen LogP contribution in [0.1, 0.15) is 11.3 Å². The van der Waals surface area contributed by atoms with Crippen LogP contribution in [0.15, 0.2) is 66.2 Å². The smallest absolute Gasteiger partial charge is 0.226 e. The Morgan fingerprint density at radius 2 is 2.04 bits per heavy atom. The van der Waals surface area contributed by atoms with Crippen LogP contribution in [0.2, 0.25) is 0 Å². The number of amides is 1. The molecule has 27 heavy (non-hydrogen) atoms. The average molecular weight is 377 g/mol. The Bertz CT molecular complexity index is 1070. The first-order valence-corrected chi connectivity index (χ1v) is 9.51. The van der Waals surface area contributed by atoms with Crippen molar-refractivity contribution in [1.29, 1.82) is 0 Å². The van der Waals surface area contributed by atoms with Crippen LogP contribution in [0.4, 0.5) is 0 Å². The van der Waals surface area contributed by atoms with Crippen molar-refractivity contribution in [3.63, 3.8) is 0 Å². The zero-order valence-corrected chi connectivity index (χ0v) is 15.7. The Morgan fingerprint density at radius 1 is 1.19 bits per heavy atom. The Kier molecular flexibility index (Phi) is 4.89. The third kappa shape index (κ3) is 3.85. The third-order valence-electron chi connectivity index (χ3n) is 4.32. The van der Waals surface area contributed by atoms with Crippen molar-refractivity contribution >= 4 is 22.2 Å². The number of fused-ring (bicyclic) bond motifs is 1. The summed E-state index contributed by atoms with van der Waals surface area (Å²) in [7, 11) is 1.65. The molecule has 0 unspecified atom stereocenters. The molecule has 0 aliphatic heterocycles. The standard InChI is InChI=1S/C21H19N3O2S/c1-26-18-9-5-8-16(10-18)19-13-24-17(14-27-21(24)23-19)11-20(25)22-12-15-6-3-2-4-7-15/h2-10,13-14H,11-12H2,1H3,(H,22,25). The average Bonchev–Trinajstić information content (AvgIpc) is 3.29. The molecule has 2 heterocycles. The maximum Gasteiger partial charge on any atom is 0.226 e. The number of methoxy groups -OCH3 is 1. The molecule has 6 heteroatoms. The number of aromatic nitrogens is 2. The molecule has 5 nitrogen and oxygen atoms in total. The van der Waals surface area contributed by atoms with Crippen molar-refractivity contribution in [2.45, 2.75) is 13.0 Å². The van der Waals surface area contributed by atoms with E-state index >= 15 is 0 Å². The van der Waals surface area contributed by atoms with Crippen LogP contribution in [0.3, 0.4) is 0 Å². The van der Waals surface area contributed by atoms with Crippen molar-refractivity contribution in [3.8, 4) is 17.0 Å². The summed E-state index contributed by atoms with van der Waals surface area (Å²) in [5.41, 5.74) is 3.88. The summed E-state index contributed by atoms with van der Waals surface area (Å²) in [6.45, 7) is 0.534. The van der Waals surface area contributed by atoms with Crippen LogP contribution in [-0.4, -0.2) is 22.4 Å². The predicted molar refractivity (Wildman–Crippen MR) is 107 cm³/mol. The number of ether oxygens (including phenoxy) is 1. The first-order chi connectivity index (χ1) is 13.2. The quantitative estimate of drug-likeness (QED) is 0.554. The fraction of sp³-hybridized carbons (Fsp3) is 0.143. The van der Waals surface area contributed by atoms with Crippen molar-refractivity contribution in [1.82, 2.24) is 14.7 Å². The van der Waals surface area contributed by atoms with Gasteiger partial charge in [0.25, 0.3) is 0 Å². The van der Waals surface area contributed by atoms with Gasteiger partial charge in [0.1, 0.15) is 5.75 Å². The van der Waals surface area contributed by atoms with Crippen molar-refractivity contribution in [3.05, 3.63) is 77.4 Å². The summed E-state index contributed by atoms with van der Waals surface area (Å²) in [5, 5.41) is 4.96. The number of nitrogens with one attached hydrogen (secondary N) is 1. The van der Waals surface area contributed by atoms with Gasteiger partial charge in [0.15, 0.2) is 4.96 Å². The van der Waals surface area contributed by atoms with E-state index in [-0.39, 0.29) is 5.91 Å². The lowest BCUT2D eigenvalue weighted by molar-refractivity contribution is -0.120. The molecule has 1 amide bonds. The van der Waals surface area contributed by atoms with Crippen LogP contribution in [-0.2, 0) is 17.8 Å². The van der Waals surface area contributed by atoms with Crippen LogP contribution in [0.5, 0.6) is 5.75 Å². The molecule has 0 bridgehead atoms. The van der Waals surface area contributed by atoms with Gasteiger partial charge in [-0.1, -0.05) is 42.5 Å². The molecule has 0 aliphatic carbocycles. The minimum Gasteiger partial charge on any atom is -0.497 e. The maximum atomic E-state index is 12.3. The highest BCUT2D eigenvalue weighted by molar-refractivity contribution is 7.15. The summed E-state index contributed by atoms with van der Waals surface area (Å²) >= 11 is 1.54. The van der Waals surface area contributed by atoms with Gasteiger partial charge in [0.05, 0.1) is 19.2 Å². The molecule has 2 aromatic heterocycles. The highest BCUT2D eigenvalue weighted by Gasteiger charge is 2.13. The maximum absolute atomic E-state index is 12.3. The molecule has 136 valence electrons. The van der Waals surface area contributed by atoms with E-state index in [1.54, 1.807) is 7.11 Å². The largest absolute Gasteiger partial charge is 0.497 e. The van der Waals surface area contributed by atoms with E-state index in [2.05, 4.69) is 10.3 Å². The number of benzene rings is 2. The van der Waals surface area contributed by atoms with Gasteiger partial charge in [0, 0.05) is 29.4 Å². The normalized spacial score (nSPS) is 10.9. The lowest BCUT2D eigenvalue weighted by atomic mass is 10.1. The lowest BCUT2D eigenvalue weighted by Crippen LogP contribution is -2.24. The fourth-order valence-corrected chi connectivity index (χ4v) is 3.77. The van der Waals surface area contributed by atoms with E-state index in [1.165, 1.54) is 11.3 Å². The van der Waals surface area contributed by atoms with Crippen LogP contribution in [0, 0.1) is 0 Å². The van der Waals surface area contributed by atoms with E-state index in [9.17, 15) is 4.79 Å². The van der Waals surface area contributed by atoms with E-state index in [4.69, 9.17) is 4.74 Å². The molecule has 0 atom stereocenters. The SMILES string of the molecule is COc1cccc(-c2cn3c(CC(=O)NCc4ccccc4)csc3n2)c1. The number of nitrogens with zero attached hydrogens (tertiary/aromatic N) is 2. The molecule has 0 radical (unpaired) electrons. The monoisotopic (exact) mass is 377 g/mol. The number of hydrogen-bond acceptors (Lipinski definition) is 4. The molecule has 2 aromatic carbocycles. The molecule has 4 aromatic rings. The van der Waals surface area contributed by atoms with Crippen LogP contribution < -0.4 is 10.1 Å². The number of carbonyl (C=O) groups is 1. The summed E-state index contributed by atoms with van der Waals surface area (Å²) < 4.78 is 7.27. The van der Waals surface area contributed by atoms with Gasteiger partial charge >= 0.3 is 0 Å².